The van der Waals surface area contributed by atoms with Crippen molar-refractivity contribution in [1.82, 2.24) is 0 Å². The van der Waals surface area contributed by atoms with E-state index >= 15 is 0 Å². The molecule has 1 aliphatic heterocycles. The Kier molecular flexibility index (Phi) is 10.9. The number of nitrogens with zero attached hydrogens (tertiary/aromatic N) is 1. The topological polar surface area (TPSA) is 60.0 Å². The summed E-state index contributed by atoms with van der Waals surface area (Å²) in [6, 6.07) is 16.2. The molecule has 2 unspecified atom stereocenters. The summed E-state index contributed by atoms with van der Waals surface area (Å²) < 4.78 is 16.2. The summed E-state index contributed by atoms with van der Waals surface area (Å²) in [7, 11) is 1.87. The molecular weight excluding hydrogens is 404 g/mol. The van der Waals surface area contributed by atoms with Crippen molar-refractivity contribution < 1.29 is 19.0 Å². The minimum absolute atomic E-state index is 0.294. The third kappa shape index (κ3) is 7.75. The number of fused-ring (bicyclic) bond motifs is 1. The van der Waals surface area contributed by atoms with Gasteiger partial charge in [-0.3, -0.25) is 0 Å². The molecule has 6 heteroatoms. The zero-order valence-electron chi connectivity index (χ0n) is 20.1. The molecule has 0 fully saturated rings. The van der Waals surface area contributed by atoms with Crippen LogP contribution < -0.4 is 15.0 Å². The quantitative estimate of drug-likeness (QED) is 0.556. The molecule has 2 aromatic rings. The van der Waals surface area contributed by atoms with Crippen LogP contribution in [0.1, 0.15) is 39.7 Å². The van der Waals surface area contributed by atoms with Gasteiger partial charge in [0.25, 0.3) is 0 Å². The number of para-hydroxylation sites is 2. The van der Waals surface area contributed by atoms with Gasteiger partial charge in [-0.25, -0.2) is 4.79 Å². The van der Waals surface area contributed by atoms with Crippen LogP contribution in [0.2, 0.25) is 0 Å². The molecule has 0 amide bonds. The number of hydrogen-bond donors (Lipinski definition) is 1. The lowest BCUT2D eigenvalue weighted by Crippen LogP contribution is -2.38. The number of esters is 1. The van der Waals surface area contributed by atoms with Gasteiger partial charge in [0.1, 0.15) is 11.9 Å². The number of rotatable bonds is 9. The van der Waals surface area contributed by atoms with E-state index in [0.717, 1.165) is 30.1 Å². The lowest BCUT2D eigenvalue weighted by atomic mass is 10.1. The normalized spacial score (nSPS) is 15.5. The molecule has 2 aromatic carbocycles. The van der Waals surface area contributed by atoms with Crippen LogP contribution in [-0.2, 0) is 20.7 Å². The molecule has 1 aliphatic rings. The van der Waals surface area contributed by atoms with Gasteiger partial charge >= 0.3 is 5.97 Å². The van der Waals surface area contributed by atoms with E-state index in [1.807, 2.05) is 50.4 Å². The van der Waals surface area contributed by atoms with Crippen molar-refractivity contribution in [3.8, 4) is 5.75 Å². The molecule has 32 heavy (non-hydrogen) atoms. The summed E-state index contributed by atoms with van der Waals surface area (Å²) in [6.45, 7) is 11.0. The van der Waals surface area contributed by atoms with Gasteiger partial charge in [-0.2, -0.15) is 0 Å². The Labute approximate surface area is 192 Å². The fraction of sp³-hybridized carbons (Fsp3) is 0.500. The molecule has 0 bridgehead atoms. The van der Waals surface area contributed by atoms with Gasteiger partial charge in [0.05, 0.1) is 18.8 Å². The van der Waals surface area contributed by atoms with Crippen molar-refractivity contribution in [3.05, 3.63) is 54.1 Å². The van der Waals surface area contributed by atoms with E-state index in [-0.39, 0.29) is 5.97 Å². The molecule has 176 valence electrons. The predicted octanol–water partition coefficient (Wildman–Crippen LogP) is 4.92. The van der Waals surface area contributed by atoms with Gasteiger partial charge < -0.3 is 24.4 Å². The minimum Gasteiger partial charge on any atom is -0.487 e. The first-order chi connectivity index (χ1) is 15.5. The van der Waals surface area contributed by atoms with Gasteiger partial charge in [-0.1, -0.05) is 31.2 Å². The van der Waals surface area contributed by atoms with Crippen molar-refractivity contribution in [3.63, 3.8) is 0 Å². The second-order valence-electron chi connectivity index (χ2n) is 7.69. The molecule has 1 heterocycles. The van der Waals surface area contributed by atoms with Crippen molar-refractivity contribution in [1.29, 1.82) is 0 Å². The molecule has 2 atom stereocenters. The van der Waals surface area contributed by atoms with Crippen LogP contribution in [0.3, 0.4) is 0 Å². The van der Waals surface area contributed by atoms with Crippen LogP contribution in [-0.4, -0.2) is 51.5 Å². The maximum absolute atomic E-state index is 11.7. The lowest BCUT2D eigenvalue weighted by molar-refractivity contribution is -0.156. The van der Waals surface area contributed by atoms with Crippen LogP contribution in [0, 0.1) is 0 Å². The molecule has 0 saturated carbocycles. The molecule has 0 saturated heterocycles. The highest BCUT2D eigenvalue weighted by molar-refractivity contribution is 5.75. The van der Waals surface area contributed by atoms with Gasteiger partial charge in [-0.15, -0.1) is 0 Å². The molecule has 0 aromatic heterocycles. The van der Waals surface area contributed by atoms with E-state index in [1.54, 1.807) is 6.92 Å². The maximum Gasteiger partial charge on any atom is 0.335 e. The largest absolute Gasteiger partial charge is 0.487 e. The molecule has 0 aliphatic carbocycles. The summed E-state index contributed by atoms with van der Waals surface area (Å²) in [5, 5.41) is 3.05. The highest BCUT2D eigenvalue weighted by Crippen LogP contribution is 2.32. The van der Waals surface area contributed by atoms with Gasteiger partial charge in [0.2, 0.25) is 0 Å². The predicted molar refractivity (Wildman–Crippen MR) is 131 cm³/mol. The number of benzene rings is 2. The van der Waals surface area contributed by atoms with Gasteiger partial charge in [-0.05, 0) is 57.0 Å². The van der Waals surface area contributed by atoms with Crippen LogP contribution >= 0.6 is 0 Å². The highest BCUT2D eigenvalue weighted by atomic mass is 16.6. The fourth-order valence-electron chi connectivity index (χ4n) is 3.63. The monoisotopic (exact) mass is 442 g/mol. The molecule has 0 spiro atoms. The van der Waals surface area contributed by atoms with Crippen molar-refractivity contribution in [2.24, 2.45) is 0 Å². The van der Waals surface area contributed by atoms with E-state index < -0.39 is 6.10 Å². The number of carbonyl (C=O) groups excluding carboxylic acids is 1. The Balaban J connectivity index is 0.000000233. The van der Waals surface area contributed by atoms with Gasteiger partial charge in [0, 0.05) is 32.3 Å². The Morgan fingerprint density at radius 3 is 2.47 bits per heavy atom. The Morgan fingerprint density at radius 1 is 1.12 bits per heavy atom. The van der Waals surface area contributed by atoms with E-state index in [9.17, 15) is 4.79 Å². The average Bonchev–Trinajstić information content (AvgIpc) is 2.80. The smallest absolute Gasteiger partial charge is 0.335 e. The first-order valence-electron chi connectivity index (χ1n) is 11.6. The maximum atomic E-state index is 11.7. The van der Waals surface area contributed by atoms with Crippen LogP contribution in [0.5, 0.6) is 5.75 Å². The zero-order valence-corrected chi connectivity index (χ0v) is 20.1. The Hall–Kier alpha value is -2.73. The zero-order chi connectivity index (χ0) is 23.3. The molecular formula is C26H38N2O4. The van der Waals surface area contributed by atoms with Crippen LogP contribution in [0.4, 0.5) is 11.4 Å². The molecule has 6 nitrogen and oxygen atoms in total. The summed E-state index contributed by atoms with van der Waals surface area (Å²) in [6.07, 6.45) is 1.50. The summed E-state index contributed by atoms with van der Waals surface area (Å²) >= 11 is 0. The van der Waals surface area contributed by atoms with E-state index in [0.29, 0.717) is 25.7 Å². The van der Waals surface area contributed by atoms with Crippen molar-refractivity contribution >= 4 is 17.3 Å². The van der Waals surface area contributed by atoms with E-state index in [4.69, 9.17) is 14.2 Å². The highest BCUT2D eigenvalue weighted by Gasteiger charge is 2.21. The first-order valence-corrected chi connectivity index (χ1v) is 11.6. The molecule has 0 radical (unpaired) electrons. The summed E-state index contributed by atoms with van der Waals surface area (Å²) in [4.78, 5) is 14.1. The summed E-state index contributed by atoms with van der Waals surface area (Å²) in [5.74, 6) is 0.733. The number of carbonyl (C=O) groups is 1. The second kappa shape index (κ2) is 13.6. The third-order valence-corrected chi connectivity index (χ3v) is 5.09. The lowest BCUT2D eigenvalue weighted by Gasteiger charge is -2.34. The third-order valence-electron chi connectivity index (χ3n) is 5.09. The second-order valence-corrected chi connectivity index (χ2v) is 7.69. The fourth-order valence-corrected chi connectivity index (χ4v) is 3.63. The number of hydrogen-bond acceptors (Lipinski definition) is 6. The molecule has 1 N–H and O–H groups in total. The first kappa shape index (κ1) is 25.5. The minimum atomic E-state index is -0.518. The molecule has 3 rings (SSSR count). The average molecular weight is 443 g/mol. The number of ether oxygens (including phenoxy) is 3. The number of anilines is 2. The standard InChI is InChI=1S/C14H21NO3.C12H17NO/c1-4-17-13(14(16)18-5-2)10-11-6-8-12(15-3)9-7-11;1-3-8-13-9-10(2)14-12-7-5-4-6-11(12)13/h6-9,13,15H,4-5,10H2,1-3H3;4-7,10H,3,8-9H2,1-2H3. The van der Waals surface area contributed by atoms with Crippen molar-refractivity contribution in [2.75, 3.05) is 43.6 Å². The van der Waals surface area contributed by atoms with E-state index in [1.165, 1.54) is 12.1 Å². The SMILES string of the molecule is CCCN1CC(C)Oc2ccccc21.CCOC(=O)C(Cc1ccc(NC)cc1)OCC. The van der Waals surface area contributed by atoms with Crippen LogP contribution in [0.15, 0.2) is 48.5 Å². The van der Waals surface area contributed by atoms with E-state index in [2.05, 4.69) is 36.2 Å². The van der Waals surface area contributed by atoms with Gasteiger partial charge in [0.15, 0.2) is 6.10 Å². The van der Waals surface area contributed by atoms with Crippen LogP contribution in [0.25, 0.3) is 0 Å². The van der Waals surface area contributed by atoms with Crippen molar-refractivity contribution in [2.45, 2.75) is 52.7 Å². The number of nitrogens with one attached hydrogen (secondary N) is 1. The Morgan fingerprint density at radius 2 is 1.84 bits per heavy atom. The Bertz CT molecular complexity index is 810. The summed E-state index contributed by atoms with van der Waals surface area (Å²) in [5.41, 5.74) is 3.34.